The number of furan rings is 1. The van der Waals surface area contributed by atoms with Crippen molar-refractivity contribution in [2.45, 2.75) is 57.8 Å². The number of nitrogens with zero attached hydrogens (tertiary/aromatic N) is 2. The van der Waals surface area contributed by atoms with E-state index >= 15 is 0 Å². The maximum absolute atomic E-state index is 6.56. The summed E-state index contributed by atoms with van der Waals surface area (Å²) in [5.41, 5.74) is 17.1. The number of fused-ring (bicyclic) bond motifs is 12. The second-order valence-electron chi connectivity index (χ2n) is 17.5. The van der Waals surface area contributed by atoms with Crippen molar-refractivity contribution in [1.82, 2.24) is 9.97 Å². The van der Waals surface area contributed by atoms with Gasteiger partial charge in [-0.25, -0.2) is 4.98 Å². The zero-order valence-electron chi connectivity index (χ0n) is 33.7. The summed E-state index contributed by atoms with van der Waals surface area (Å²) in [6.45, 7) is 7.02. The minimum Gasteiger partial charge on any atom is -0.438 e. The summed E-state index contributed by atoms with van der Waals surface area (Å²) in [4.78, 5) is 10.7. The summed E-state index contributed by atoms with van der Waals surface area (Å²) < 4.78 is 6.56. The van der Waals surface area contributed by atoms with E-state index in [2.05, 4.69) is 160 Å². The molecule has 284 valence electrons. The molecular weight excluding hydrogens is 717 g/mol. The van der Waals surface area contributed by atoms with Crippen LogP contribution in [0.25, 0.3) is 82.8 Å². The van der Waals surface area contributed by atoms with Crippen molar-refractivity contribution in [3.63, 3.8) is 0 Å². The van der Waals surface area contributed by atoms with E-state index in [1.54, 1.807) is 0 Å². The largest absolute Gasteiger partial charge is 0.438 e. The Morgan fingerprint density at radius 1 is 0.644 bits per heavy atom. The molecule has 0 fully saturated rings. The topological polar surface area (TPSA) is 38.9 Å². The Bertz CT molecular complexity index is 3290. The molecule has 59 heavy (non-hydrogen) atoms. The average Bonchev–Trinajstić information content (AvgIpc) is 3.70. The number of para-hydroxylation sites is 1. The van der Waals surface area contributed by atoms with Gasteiger partial charge in [-0.3, -0.25) is 0 Å². The summed E-state index contributed by atoms with van der Waals surface area (Å²) in [5.74, 6) is 1.36. The number of benzene rings is 7. The molecule has 0 radical (unpaired) electrons. The Labute approximate surface area is 344 Å². The molecule has 2 heterocycles. The van der Waals surface area contributed by atoms with E-state index in [-0.39, 0.29) is 5.41 Å². The first kappa shape index (κ1) is 34.5. The smallest absolute Gasteiger partial charge is 0.231 e. The lowest BCUT2D eigenvalue weighted by molar-refractivity contribution is 0.536. The van der Waals surface area contributed by atoms with Gasteiger partial charge in [-0.05, 0) is 121 Å². The second kappa shape index (κ2) is 13.0. The molecule has 0 amide bonds. The van der Waals surface area contributed by atoms with Crippen LogP contribution in [0, 0.1) is 5.92 Å². The van der Waals surface area contributed by atoms with Crippen molar-refractivity contribution in [3.05, 3.63) is 185 Å². The molecule has 3 heteroatoms. The highest BCUT2D eigenvalue weighted by atomic mass is 16.3. The Morgan fingerprint density at radius 2 is 1.37 bits per heavy atom. The van der Waals surface area contributed by atoms with Gasteiger partial charge in [0.15, 0.2) is 5.82 Å². The van der Waals surface area contributed by atoms with Crippen LogP contribution in [0.3, 0.4) is 0 Å². The average molecular weight is 761 g/mol. The van der Waals surface area contributed by atoms with Crippen LogP contribution in [0.4, 0.5) is 0 Å². The van der Waals surface area contributed by atoms with Crippen LogP contribution in [-0.2, 0) is 11.8 Å². The van der Waals surface area contributed by atoms with Crippen molar-refractivity contribution >= 4 is 49.2 Å². The normalized spacial score (nSPS) is 17.9. The van der Waals surface area contributed by atoms with E-state index in [1.165, 1.54) is 77.2 Å². The first-order chi connectivity index (χ1) is 28.9. The summed E-state index contributed by atoms with van der Waals surface area (Å²) in [6, 6.07) is 51.4. The third-order valence-electron chi connectivity index (χ3n) is 14.0. The SMILES string of the molecule is CCC1CC(c2nc(-c3ccc4c(c3)C(C)(C)c3ccccc3-4)nc3oc4ccccc4c23)=CC=C1C1CCc2cc3ccccc3cc2-c2ccc3ccccc3c21. The number of aryl methyl sites for hydroxylation is 1. The molecule has 0 N–H and O–H groups in total. The Hall–Kier alpha value is -6.58. The molecule has 12 rings (SSSR count). The van der Waals surface area contributed by atoms with Gasteiger partial charge in [-0.2, -0.15) is 4.98 Å². The van der Waals surface area contributed by atoms with Gasteiger partial charge in [0.2, 0.25) is 5.71 Å². The minimum absolute atomic E-state index is 0.119. The summed E-state index contributed by atoms with van der Waals surface area (Å²) in [5, 5.41) is 7.36. The van der Waals surface area contributed by atoms with E-state index in [0.29, 0.717) is 23.4 Å². The quantitative estimate of drug-likeness (QED) is 0.179. The van der Waals surface area contributed by atoms with Gasteiger partial charge in [-0.1, -0.05) is 160 Å². The van der Waals surface area contributed by atoms with Gasteiger partial charge in [0.1, 0.15) is 5.58 Å². The molecule has 7 aromatic carbocycles. The van der Waals surface area contributed by atoms with Crippen molar-refractivity contribution in [1.29, 1.82) is 0 Å². The zero-order chi connectivity index (χ0) is 39.4. The molecule has 0 aliphatic heterocycles. The maximum Gasteiger partial charge on any atom is 0.231 e. The van der Waals surface area contributed by atoms with Crippen LogP contribution in [-0.4, -0.2) is 9.97 Å². The molecule has 0 spiro atoms. The fourth-order valence-electron chi connectivity index (χ4n) is 11.0. The lowest BCUT2D eigenvalue weighted by Crippen LogP contribution is -2.16. The van der Waals surface area contributed by atoms with Crippen molar-refractivity contribution in [3.8, 4) is 33.6 Å². The fourth-order valence-corrected chi connectivity index (χ4v) is 11.0. The van der Waals surface area contributed by atoms with Gasteiger partial charge in [0, 0.05) is 22.3 Å². The molecular formula is C56H44N2O. The van der Waals surface area contributed by atoms with Crippen molar-refractivity contribution < 1.29 is 4.42 Å². The van der Waals surface area contributed by atoms with Crippen LogP contribution in [0.1, 0.15) is 73.9 Å². The van der Waals surface area contributed by atoms with Gasteiger partial charge >= 0.3 is 0 Å². The molecule has 3 aliphatic carbocycles. The summed E-state index contributed by atoms with van der Waals surface area (Å²) in [6.07, 6.45) is 8.93. The molecule has 2 atom stereocenters. The second-order valence-corrected chi connectivity index (χ2v) is 17.5. The van der Waals surface area contributed by atoms with Crippen LogP contribution in [0.2, 0.25) is 0 Å². The maximum atomic E-state index is 6.56. The number of allylic oxidation sites excluding steroid dienone is 4. The van der Waals surface area contributed by atoms with Gasteiger partial charge < -0.3 is 4.42 Å². The first-order valence-corrected chi connectivity index (χ1v) is 21.3. The van der Waals surface area contributed by atoms with Crippen LogP contribution in [0.15, 0.2) is 162 Å². The van der Waals surface area contributed by atoms with Crippen molar-refractivity contribution in [2.75, 3.05) is 0 Å². The molecule has 0 saturated carbocycles. The van der Waals surface area contributed by atoms with Crippen LogP contribution < -0.4 is 0 Å². The fraction of sp³-hybridized carbons (Fsp3) is 0.179. The highest BCUT2D eigenvalue weighted by Crippen LogP contribution is 2.52. The van der Waals surface area contributed by atoms with Gasteiger partial charge in [-0.15, -0.1) is 0 Å². The molecule has 3 aliphatic rings. The van der Waals surface area contributed by atoms with Crippen LogP contribution in [0.5, 0.6) is 0 Å². The number of aromatic nitrogens is 2. The third-order valence-corrected chi connectivity index (χ3v) is 14.0. The van der Waals surface area contributed by atoms with Gasteiger partial charge in [0.05, 0.1) is 11.1 Å². The lowest BCUT2D eigenvalue weighted by atomic mass is 9.73. The van der Waals surface area contributed by atoms with E-state index in [0.717, 1.165) is 53.3 Å². The third kappa shape index (κ3) is 5.20. The predicted molar refractivity (Wildman–Crippen MR) is 245 cm³/mol. The highest BCUT2D eigenvalue weighted by molar-refractivity contribution is 6.09. The molecule has 9 aromatic rings. The Balaban J connectivity index is 1.02. The van der Waals surface area contributed by atoms with E-state index < -0.39 is 0 Å². The molecule has 3 nitrogen and oxygen atoms in total. The van der Waals surface area contributed by atoms with Crippen molar-refractivity contribution in [2.24, 2.45) is 5.92 Å². The molecule has 0 bridgehead atoms. The number of hydrogen-bond donors (Lipinski definition) is 0. The standard InChI is InChI=1S/C56H44N2O/c1-4-33-29-38(23-25-40(33)44-28-22-37-30-35-14-5-6-15-36(35)31-47(37)45-27-21-34-13-7-8-16-41(34)51(44)45)53-52-46-18-10-12-20-50(46)59-55(52)58-54(57-53)39-24-26-43-42-17-9-11-19-48(42)56(2,3)49(43)32-39/h5-21,23-27,30-33,44H,4,22,28-29H2,1-3H3. The Morgan fingerprint density at radius 3 is 2.24 bits per heavy atom. The summed E-state index contributed by atoms with van der Waals surface area (Å²) >= 11 is 0. The number of rotatable bonds is 4. The Kier molecular flexibility index (Phi) is 7.57. The molecule has 2 unspecified atom stereocenters. The highest BCUT2D eigenvalue weighted by Gasteiger charge is 2.36. The predicted octanol–water partition coefficient (Wildman–Crippen LogP) is 14.8. The zero-order valence-corrected chi connectivity index (χ0v) is 33.7. The van der Waals surface area contributed by atoms with E-state index in [4.69, 9.17) is 14.4 Å². The molecule has 0 saturated heterocycles. The molecule has 2 aromatic heterocycles. The number of hydrogen-bond acceptors (Lipinski definition) is 3. The van der Waals surface area contributed by atoms with E-state index in [9.17, 15) is 0 Å². The van der Waals surface area contributed by atoms with Crippen LogP contribution >= 0.6 is 0 Å². The van der Waals surface area contributed by atoms with E-state index in [1.807, 2.05) is 12.1 Å². The minimum atomic E-state index is -0.119. The monoisotopic (exact) mass is 760 g/mol. The first-order valence-electron chi connectivity index (χ1n) is 21.3. The lowest BCUT2D eigenvalue weighted by Gasteiger charge is -2.32. The summed E-state index contributed by atoms with van der Waals surface area (Å²) in [7, 11) is 0. The van der Waals surface area contributed by atoms with Gasteiger partial charge in [0.25, 0.3) is 0 Å².